The van der Waals surface area contributed by atoms with Crippen LogP contribution in [0.2, 0.25) is 0 Å². The van der Waals surface area contributed by atoms with Gasteiger partial charge < -0.3 is 4.90 Å². The molecule has 0 fully saturated rings. The number of pyridine rings is 1. The van der Waals surface area contributed by atoms with E-state index >= 15 is 0 Å². The molecule has 1 aromatic carbocycles. The van der Waals surface area contributed by atoms with Crippen LogP contribution in [0.15, 0.2) is 67.1 Å². The standard InChI is InChI=1S/C18H20N4/c1-21(13-9-17-7-2-3-10-19-17)15-16-6-4-8-18(14-16)22-12-5-11-20-22/h2-8,10-12,14H,9,13,15H2,1H3. The molecule has 0 amide bonds. The summed E-state index contributed by atoms with van der Waals surface area (Å²) < 4.78 is 1.89. The van der Waals surface area contributed by atoms with E-state index in [1.807, 2.05) is 35.3 Å². The van der Waals surface area contributed by atoms with E-state index in [4.69, 9.17) is 0 Å². The normalized spacial score (nSPS) is 11.0. The molecule has 0 atom stereocenters. The van der Waals surface area contributed by atoms with Crippen LogP contribution in [0.3, 0.4) is 0 Å². The third-order valence-electron chi connectivity index (χ3n) is 3.61. The summed E-state index contributed by atoms with van der Waals surface area (Å²) >= 11 is 0. The third-order valence-corrected chi connectivity index (χ3v) is 3.61. The van der Waals surface area contributed by atoms with Gasteiger partial charge in [0.2, 0.25) is 0 Å². The Hall–Kier alpha value is -2.46. The predicted octanol–water partition coefficient (Wildman–Crippen LogP) is 2.94. The zero-order valence-electron chi connectivity index (χ0n) is 12.8. The highest BCUT2D eigenvalue weighted by molar-refractivity contribution is 5.35. The number of rotatable bonds is 6. The molecule has 0 aliphatic rings. The lowest BCUT2D eigenvalue weighted by Gasteiger charge is -2.17. The van der Waals surface area contributed by atoms with E-state index in [0.29, 0.717) is 0 Å². The second kappa shape index (κ2) is 7.00. The van der Waals surface area contributed by atoms with E-state index < -0.39 is 0 Å². The van der Waals surface area contributed by atoms with E-state index in [2.05, 4.69) is 52.4 Å². The van der Waals surface area contributed by atoms with E-state index in [-0.39, 0.29) is 0 Å². The van der Waals surface area contributed by atoms with Crippen LogP contribution >= 0.6 is 0 Å². The predicted molar refractivity (Wildman–Crippen MR) is 87.8 cm³/mol. The summed E-state index contributed by atoms with van der Waals surface area (Å²) in [5, 5.41) is 4.28. The molecule has 112 valence electrons. The molecule has 3 aromatic rings. The molecule has 3 rings (SSSR count). The Labute approximate surface area is 131 Å². The number of nitrogens with zero attached hydrogens (tertiary/aromatic N) is 4. The first-order chi connectivity index (χ1) is 10.8. The van der Waals surface area contributed by atoms with Crippen molar-refractivity contribution in [2.24, 2.45) is 0 Å². The van der Waals surface area contributed by atoms with E-state index in [0.717, 1.165) is 30.9 Å². The van der Waals surface area contributed by atoms with E-state index in [9.17, 15) is 0 Å². The molecule has 0 radical (unpaired) electrons. The Morgan fingerprint density at radius 1 is 1.05 bits per heavy atom. The van der Waals surface area contributed by atoms with Crippen LogP contribution in [0.4, 0.5) is 0 Å². The number of likely N-dealkylation sites (N-methyl/N-ethyl adjacent to an activating group) is 1. The van der Waals surface area contributed by atoms with Gasteiger partial charge >= 0.3 is 0 Å². The molecular weight excluding hydrogens is 272 g/mol. The summed E-state index contributed by atoms with van der Waals surface area (Å²) in [5.74, 6) is 0. The summed E-state index contributed by atoms with van der Waals surface area (Å²) in [4.78, 5) is 6.68. The quantitative estimate of drug-likeness (QED) is 0.700. The Morgan fingerprint density at radius 2 is 2.00 bits per heavy atom. The highest BCUT2D eigenvalue weighted by Gasteiger charge is 2.03. The zero-order chi connectivity index (χ0) is 15.2. The van der Waals surface area contributed by atoms with Crippen LogP contribution in [-0.4, -0.2) is 33.3 Å². The average Bonchev–Trinajstić information content (AvgIpc) is 3.09. The Morgan fingerprint density at radius 3 is 2.77 bits per heavy atom. The van der Waals surface area contributed by atoms with E-state index in [1.54, 1.807) is 6.20 Å². The topological polar surface area (TPSA) is 34.0 Å². The van der Waals surface area contributed by atoms with Gasteiger partial charge in [0.25, 0.3) is 0 Å². The Bertz CT molecular complexity index is 692. The fourth-order valence-electron chi connectivity index (χ4n) is 2.46. The summed E-state index contributed by atoms with van der Waals surface area (Å²) in [5.41, 5.74) is 3.52. The van der Waals surface area contributed by atoms with Crippen molar-refractivity contribution >= 4 is 0 Å². The van der Waals surface area contributed by atoms with Crippen LogP contribution in [0.25, 0.3) is 5.69 Å². The van der Waals surface area contributed by atoms with Gasteiger partial charge in [-0.2, -0.15) is 5.10 Å². The van der Waals surface area contributed by atoms with Crippen molar-refractivity contribution < 1.29 is 0 Å². The summed E-state index contributed by atoms with van der Waals surface area (Å²) in [6.45, 7) is 1.91. The first-order valence-electron chi connectivity index (χ1n) is 7.49. The average molecular weight is 292 g/mol. The van der Waals surface area contributed by atoms with Gasteiger partial charge in [-0.15, -0.1) is 0 Å². The minimum atomic E-state index is 0.919. The Balaban J connectivity index is 1.59. The lowest BCUT2D eigenvalue weighted by atomic mass is 10.2. The van der Waals surface area contributed by atoms with E-state index in [1.165, 1.54) is 5.56 Å². The molecule has 4 nitrogen and oxygen atoms in total. The molecule has 0 N–H and O–H groups in total. The Kier molecular flexibility index (Phi) is 4.61. The minimum Gasteiger partial charge on any atom is -0.302 e. The molecule has 0 aliphatic carbocycles. The maximum absolute atomic E-state index is 4.37. The summed E-state index contributed by atoms with van der Waals surface area (Å²) in [6.07, 6.45) is 6.58. The molecule has 0 unspecified atom stereocenters. The van der Waals surface area contributed by atoms with Crippen LogP contribution in [0, 0.1) is 0 Å². The zero-order valence-corrected chi connectivity index (χ0v) is 12.8. The fourth-order valence-corrected chi connectivity index (χ4v) is 2.46. The van der Waals surface area contributed by atoms with Crippen LogP contribution in [0.5, 0.6) is 0 Å². The molecule has 0 saturated heterocycles. The first kappa shape index (κ1) is 14.5. The molecule has 2 aromatic heterocycles. The smallest absolute Gasteiger partial charge is 0.0648 e. The van der Waals surface area contributed by atoms with Crippen molar-refractivity contribution in [2.75, 3.05) is 13.6 Å². The molecule has 2 heterocycles. The molecule has 22 heavy (non-hydrogen) atoms. The van der Waals surface area contributed by atoms with Crippen LogP contribution in [-0.2, 0) is 13.0 Å². The highest BCUT2D eigenvalue weighted by atomic mass is 15.3. The minimum absolute atomic E-state index is 0.919. The van der Waals surface area contributed by atoms with Crippen molar-refractivity contribution in [3.8, 4) is 5.69 Å². The molecule has 0 bridgehead atoms. The van der Waals surface area contributed by atoms with Gasteiger partial charge in [-0.1, -0.05) is 18.2 Å². The lowest BCUT2D eigenvalue weighted by molar-refractivity contribution is 0.330. The van der Waals surface area contributed by atoms with Crippen molar-refractivity contribution in [1.29, 1.82) is 0 Å². The van der Waals surface area contributed by atoms with Gasteiger partial charge in [-0.05, 0) is 42.9 Å². The van der Waals surface area contributed by atoms with Gasteiger partial charge in [0.05, 0.1) is 5.69 Å². The number of hydrogen-bond acceptors (Lipinski definition) is 3. The number of benzene rings is 1. The molecule has 4 heteroatoms. The molecular formula is C18H20N4. The maximum atomic E-state index is 4.37. The van der Waals surface area contributed by atoms with Gasteiger partial charge in [0.15, 0.2) is 0 Å². The van der Waals surface area contributed by atoms with Crippen LogP contribution in [0.1, 0.15) is 11.3 Å². The van der Waals surface area contributed by atoms with Gasteiger partial charge in [0.1, 0.15) is 0 Å². The number of aromatic nitrogens is 3. The van der Waals surface area contributed by atoms with Crippen LogP contribution < -0.4 is 0 Å². The first-order valence-corrected chi connectivity index (χ1v) is 7.49. The maximum Gasteiger partial charge on any atom is 0.0648 e. The number of hydrogen-bond donors (Lipinski definition) is 0. The largest absolute Gasteiger partial charge is 0.302 e. The SMILES string of the molecule is CN(CCc1ccccn1)Cc1cccc(-n2cccn2)c1. The van der Waals surface area contributed by atoms with Crippen molar-refractivity contribution in [2.45, 2.75) is 13.0 Å². The van der Waals surface area contributed by atoms with Gasteiger partial charge in [-0.3, -0.25) is 4.98 Å². The monoisotopic (exact) mass is 292 g/mol. The molecule has 0 aliphatic heterocycles. The fraction of sp³-hybridized carbons (Fsp3) is 0.222. The second-order valence-corrected chi connectivity index (χ2v) is 5.43. The highest BCUT2D eigenvalue weighted by Crippen LogP contribution is 2.11. The second-order valence-electron chi connectivity index (χ2n) is 5.43. The van der Waals surface area contributed by atoms with Crippen molar-refractivity contribution in [1.82, 2.24) is 19.7 Å². The molecule has 0 spiro atoms. The summed E-state index contributed by atoms with van der Waals surface area (Å²) in [7, 11) is 2.14. The van der Waals surface area contributed by atoms with Crippen molar-refractivity contribution in [3.63, 3.8) is 0 Å². The lowest BCUT2D eigenvalue weighted by Crippen LogP contribution is -2.21. The van der Waals surface area contributed by atoms with Gasteiger partial charge in [-0.25, -0.2) is 4.68 Å². The summed E-state index contributed by atoms with van der Waals surface area (Å²) in [6, 6.07) is 16.5. The van der Waals surface area contributed by atoms with Crippen molar-refractivity contribution in [3.05, 3.63) is 78.4 Å². The molecule has 0 saturated carbocycles. The third kappa shape index (κ3) is 3.80. The van der Waals surface area contributed by atoms with Gasteiger partial charge in [0, 0.05) is 43.8 Å².